The fourth-order valence-corrected chi connectivity index (χ4v) is 3.26. The van der Waals surface area contributed by atoms with Gasteiger partial charge in [0, 0.05) is 13.6 Å². The number of para-hydroxylation sites is 2. The third kappa shape index (κ3) is 5.26. The van der Waals surface area contributed by atoms with Crippen LogP contribution in [0.5, 0.6) is 5.75 Å². The highest BCUT2D eigenvalue weighted by molar-refractivity contribution is 6.03. The maximum Gasteiger partial charge on any atom is 0.262 e. The molecule has 3 aromatic rings. The van der Waals surface area contributed by atoms with Crippen LogP contribution < -0.4 is 10.1 Å². The number of carbonyl (C=O) groups excluding carboxylic acids is 2. The summed E-state index contributed by atoms with van der Waals surface area (Å²) in [6.07, 6.45) is 0. The van der Waals surface area contributed by atoms with Crippen LogP contribution in [0.3, 0.4) is 0 Å². The first-order chi connectivity index (χ1) is 14.5. The Morgan fingerprint density at radius 1 is 0.867 bits per heavy atom. The van der Waals surface area contributed by atoms with Crippen molar-refractivity contribution >= 4 is 17.5 Å². The molecular formula is C25H26N2O3. The van der Waals surface area contributed by atoms with Crippen molar-refractivity contribution in [1.82, 2.24) is 4.90 Å². The minimum absolute atomic E-state index is 0.131. The van der Waals surface area contributed by atoms with Crippen molar-refractivity contribution in [3.05, 3.63) is 95.1 Å². The van der Waals surface area contributed by atoms with Gasteiger partial charge in [-0.3, -0.25) is 9.59 Å². The van der Waals surface area contributed by atoms with Crippen LogP contribution in [0, 0.1) is 13.8 Å². The summed E-state index contributed by atoms with van der Waals surface area (Å²) in [5.74, 6) is 0.230. The molecule has 30 heavy (non-hydrogen) atoms. The fraction of sp³-hybridized carbons (Fsp3) is 0.200. The minimum atomic E-state index is -0.316. The number of carbonyl (C=O) groups is 2. The van der Waals surface area contributed by atoms with Gasteiger partial charge in [0.25, 0.3) is 11.8 Å². The van der Waals surface area contributed by atoms with Gasteiger partial charge in [0.05, 0.1) is 11.3 Å². The van der Waals surface area contributed by atoms with E-state index in [2.05, 4.69) is 5.32 Å². The van der Waals surface area contributed by atoms with Crippen LogP contribution in [-0.2, 0) is 11.3 Å². The zero-order valence-electron chi connectivity index (χ0n) is 17.5. The molecule has 0 unspecified atom stereocenters. The van der Waals surface area contributed by atoms with Gasteiger partial charge in [-0.1, -0.05) is 60.7 Å². The van der Waals surface area contributed by atoms with Crippen LogP contribution in [-0.4, -0.2) is 30.4 Å². The topological polar surface area (TPSA) is 58.6 Å². The van der Waals surface area contributed by atoms with Gasteiger partial charge >= 0.3 is 0 Å². The van der Waals surface area contributed by atoms with E-state index in [4.69, 9.17) is 4.74 Å². The lowest BCUT2D eigenvalue weighted by molar-refractivity contribution is -0.118. The summed E-state index contributed by atoms with van der Waals surface area (Å²) in [6.45, 7) is 4.24. The zero-order chi connectivity index (χ0) is 21.5. The van der Waals surface area contributed by atoms with Crippen molar-refractivity contribution < 1.29 is 14.3 Å². The number of nitrogens with zero attached hydrogens (tertiary/aromatic N) is 1. The second-order valence-electron chi connectivity index (χ2n) is 7.25. The van der Waals surface area contributed by atoms with E-state index in [0.29, 0.717) is 23.5 Å². The Kier molecular flexibility index (Phi) is 6.86. The molecule has 2 amide bonds. The number of ether oxygens (including phenoxy) is 1. The number of amides is 2. The largest absolute Gasteiger partial charge is 0.483 e. The Bertz CT molecular complexity index is 1010. The molecule has 0 aliphatic carbocycles. The van der Waals surface area contributed by atoms with E-state index in [1.54, 1.807) is 36.2 Å². The van der Waals surface area contributed by atoms with Crippen LogP contribution in [0.1, 0.15) is 27.0 Å². The predicted octanol–water partition coefficient (Wildman–Crippen LogP) is 4.59. The number of rotatable bonds is 7. The highest BCUT2D eigenvalue weighted by atomic mass is 16.5. The molecule has 3 aromatic carbocycles. The third-order valence-electron chi connectivity index (χ3n) is 4.80. The van der Waals surface area contributed by atoms with Crippen molar-refractivity contribution in [2.75, 3.05) is 19.0 Å². The normalized spacial score (nSPS) is 10.4. The number of benzene rings is 3. The average molecular weight is 402 g/mol. The molecule has 154 valence electrons. The van der Waals surface area contributed by atoms with Crippen molar-refractivity contribution in [2.45, 2.75) is 20.4 Å². The molecule has 1 N–H and O–H groups in total. The summed E-state index contributed by atoms with van der Waals surface area (Å²) in [4.78, 5) is 27.1. The first-order valence-corrected chi connectivity index (χ1v) is 9.83. The monoisotopic (exact) mass is 402 g/mol. The van der Waals surface area contributed by atoms with Crippen LogP contribution in [0.2, 0.25) is 0 Å². The molecule has 0 fully saturated rings. The highest BCUT2D eigenvalue weighted by Gasteiger charge is 2.17. The van der Waals surface area contributed by atoms with Gasteiger partial charge in [-0.2, -0.15) is 0 Å². The minimum Gasteiger partial charge on any atom is -0.483 e. The Morgan fingerprint density at radius 3 is 2.20 bits per heavy atom. The lowest BCUT2D eigenvalue weighted by Gasteiger charge is -2.19. The third-order valence-corrected chi connectivity index (χ3v) is 4.80. The van der Waals surface area contributed by atoms with E-state index in [1.807, 2.05) is 62.4 Å². The summed E-state index contributed by atoms with van der Waals surface area (Å²) < 4.78 is 5.72. The quantitative estimate of drug-likeness (QED) is 0.629. The maximum absolute atomic E-state index is 13.0. The first kappa shape index (κ1) is 21.1. The standard InChI is InChI=1S/C25H26N2O3/c1-18-10-9-11-19(2)24(18)30-17-23(28)26-22-15-8-7-14-21(22)25(29)27(3)16-20-12-5-4-6-13-20/h4-15H,16-17H2,1-3H3,(H,26,28). The average Bonchev–Trinajstić information content (AvgIpc) is 2.74. The lowest BCUT2D eigenvalue weighted by atomic mass is 10.1. The highest BCUT2D eigenvalue weighted by Crippen LogP contribution is 2.23. The lowest BCUT2D eigenvalue weighted by Crippen LogP contribution is -2.28. The molecule has 0 aromatic heterocycles. The van der Waals surface area contributed by atoms with Gasteiger partial charge < -0.3 is 15.0 Å². The molecular weight excluding hydrogens is 376 g/mol. The van der Waals surface area contributed by atoms with Crippen LogP contribution in [0.25, 0.3) is 0 Å². The Morgan fingerprint density at radius 2 is 1.50 bits per heavy atom. The molecule has 0 aliphatic rings. The molecule has 0 spiro atoms. The number of aryl methyl sites for hydroxylation is 2. The molecule has 0 radical (unpaired) electrons. The smallest absolute Gasteiger partial charge is 0.262 e. The van der Waals surface area contributed by atoms with Gasteiger partial charge in [0.2, 0.25) is 0 Å². The number of hydrogen-bond acceptors (Lipinski definition) is 3. The van der Waals surface area contributed by atoms with Gasteiger partial charge in [0.1, 0.15) is 5.75 Å². The van der Waals surface area contributed by atoms with E-state index in [-0.39, 0.29) is 18.4 Å². The summed E-state index contributed by atoms with van der Waals surface area (Å²) in [5, 5.41) is 2.81. The van der Waals surface area contributed by atoms with E-state index in [1.165, 1.54) is 0 Å². The van der Waals surface area contributed by atoms with Crippen molar-refractivity contribution in [2.24, 2.45) is 0 Å². The summed E-state index contributed by atoms with van der Waals surface area (Å²) in [6, 6.07) is 22.6. The van der Waals surface area contributed by atoms with E-state index in [0.717, 1.165) is 16.7 Å². The molecule has 0 atom stereocenters. The van der Waals surface area contributed by atoms with Gasteiger partial charge in [0.15, 0.2) is 6.61 Å². The number of hydrogen-bond donors (Lipinski definition) is 1. The van der Waals surface area contributed by atoms with Crippen molar-refractivity contribution in [1.29, 1.82) is 0 Å². The fourth-order valence-electron chi connectivity index (χ4n) is 3.26. The Hall–Kier alpha value is -3.60. The molecule has 0 saturated carbocycles. The van der Waals surface area contributed by atoms with Crippen LogP contribution >= 0.6 is 0 Å². The van der Waals surface area contributed by atoms with Gasteiger partial charge in [-0.25, -0.2) is 0 Å². The molecule has 0 heterocycles. The van der Waals surface area contributed by atoms with Crippen molar-refractivity contribution in [3.8, 4) is 5.75 Å². The summed E-state index contributed by atoms with van der Waals surface area (Å²) in [7, 11) is 1.75. The predicted molar refractivity (Wildman–Crippen MR) is 119 cm³/mol. The molecule has 5 nitrogen and oxygen atoms in total. The van der Waals surface area contributed by atoms with Gasteiger partial charge in [-0.05, 0) is 42.7 Å². The van der Waals surface area contributed by atoms with Crippen molar-refractivity contribution in [3.63, 3.8) is 0 Å². The number of anilines is 1. The van der Waals surface area contributed by atoms with Gasteiger partial charge in [-0.15, -0.1) is 0 Å². The second-order valence-corrected chi connectivity index (χ2v) is 7.25. The van der Waals surface area contributed by atoms with E-state index >= 15 is 0 Å². The summed E-state index contributed by atoms with van der Waals surface area (Å²) >= 11 is 0. The van der Waals surface area contributed by atoms with Crippen LogP contribution in [0.15, 0.2) is 72.8 Å². The van der Waals surface area contributed by atoms with E-state index < -0.39 is 0 Å². The summed E-state index contributed by atoms with van der Waals surface area (Å²) in [5.41, 5.74) is 3.90. The zero-order valence-corrected chi connectivity index (χ0v) is 17.5. The first-order valence-electron chi connectivity index (χ1n) is 9.83. The Balaban J connectivity index is 1.67. The molecule has 0 bridgehead atoms. The SMILES string of the molecule is Cc1cccc(C)c1OCC(=O)Nc1ccccc1C(=O)N(C)Cc1ccccc1. The van der Waals surface area contributed by atoms with Crippen LogP contribution in [0.4, 0.5) is 5.69 Å². The molecule has 5 heteroatoms. The Labute approximate surface area is 177 Å². The molecule has 3 rings (SSSR count). The molecule has 0 aliphatic heterocycles. The second kappa shape index (κ2) is 9.74. The number of nitrogens with one attached hydrogen (secondary N) is 1. The molecule has 0 saturated heterocycles. The maximum atomic E-state index is 13.0. The van der Waals surface area contributed by atoms with E-state index in [9.17, 15) is 9.59 Å².